The van der Waals surface area contributed by atoms with Gasteiger partial charge in [-0.2, -0.15) is 0 Å². The Morgan fingerprint density at radius 3 is 2.57 bits per heavy atom. The molecule has 1 heterocycles. The zero-order chi connectivity index (χ0) is 15.5. The third-order valence-corrected chi connectivity index (χ3v) is 4.71. The quantitative estimate of drug-likeness (QED) is 0.851. The summed E-state index contributed by atoms with van der Waals surface area (Å²) in [7, 11) is -3.67. The minimum Gasteiger partial charge on any atom is -0.363 e. The number of amides is 1. The average molecular weight is 312 g/mol. The molecule has 1 N–H and O–H groups in total. The first kappa shape index (κ1) is 15.2. The molecule has 0 saturated heterocycles. The summed E-state index contributed by atoms with van der Waals surface area (Å²) in [6.07, 6.45) is 1.29. The van der Waals surface area contributed by atoms with Crippen molar-refractivity contribution in [3.05, 3.63) is 42.4 Å². The molecule has 0 spiro atoms. The summed E-state index contributed by atoms with van der Waals surface area (Å²) in [5.41, 5.74) is 0. The van der Waals surface area contributed by atoms with Gasteiger partial charge in [-0.3, -0.25) is 4.79 Å². The number of benzene rings is 1. The van der Waals surface area contributed by atoms with Gasteiger partial charge in [0.25, 0.3) is 0 Å². The molecule has 8 heteroatoms. The van der Waals surface area contributed by atoms with Gasteiger partial charge in [0.05, 0.1) is 10.6 Å². The number of rotatable bonds is 5. The second kappa shape index (κ2) is 6.04. The molecule has 0 bridgehead atoms. The fraction of sp³-hybridized carbons (Fsp3) is 0.231. The van der Waals surface area contributed by atoms with Crippen molar-refractivity contribution in [1.29, 1.82) is 0 Å². The van der Waals surface area contributed by atoms with Gasteiger partial charge in [0.15, 0.2) is 15.7 Å². The number of nitrogens with one attached hydrogen (secondary N) is 1. The van der Waals surface area contributed by atoms with Crippen LogP contribution in [0, 0.1) is 11.7 Å². The summed E-state index contributed by atoms with van der Waals surface area (Å²) < 4.78 is 41.6. The molecule has 0 aliphatic heterocycles. The Bertz CT molecular complexity index is 711. The van der Waals surface area contributed by atoms with Gasteiger partial charge < -0.3 is 9.84 Å². The van der Waals surface area contributed by atoms with Crippen molar-refractivity contribution in [2.45, 2.75) is 11.8 Å². The zero-order valence-corrected chi connectivity index (χ0v) is 11.9. The molecule has 0 fully saturated rings. The van der Waals surface area contributed by atoms with Crippen LogP contribution in [0.1, 0.15) is 6.92 Å². The molecule has 1 aromatic carbocycles. The predicted molar refractivity (Wildman–Crippen MR) is 72.7 cm³/mol. The van der Waals surface area contributed by atoms with Crippen molar-refractivity contribution in [2.24, 2.45) is 5.92 Å². The Balaban J connectivity index is 2.05. The SMILES string of the molecule is C[C@H](CS(=O)(=O)c1ccc(F)cc1)C(=O)Nc1ccon1. The molecule has 1 aromatic heterocycles. The molecule has 112 valence electrons. The van der Waals surface area contributed by atoms with Crippen molar-refractivity contribution in [3.8, 4) is 0 Å². The smallest absolute Gasteiger partial charge is 0.229 e. The third kappa shape index (κ3) is 3.88. The Hall–Kier alpha value is -2.22. The zero-order valence-electron chi connectivity index (χ0n) is 11.1. The maximum absolute atomic E-state index is 12.8. The van der Waals surface area contributed by atoms with Gasteiger partial charge in [-0.05, 0) is 24.3 Å². The van der Waals surface area contributed by atoms with Crippen LogP contribution in [0.15, 0.2) is 46.0 Å². The lowest BCUT2D eigenvalue weighted by Gasteiger charge is -2.11. The Labute approximate surface area is 120 Å². The molecule has 0 radical (unpaired) electrons. The fourth-order valence-corrected chi connectivity index (χ4v) is 3.22. The fourth-order valence-electron chi connectivity index (χ4n) is 1.67. The van der Waals surface area contributed by atoms with Crippen LogP contribution >= 0.6 is 0 Å². The van der Waals surface area contributed by atoms with Crippen molar-refractivity contribution in [3.63, 3.8) is 0 Å². The van der Waals surface area contributed by atoms with Gasteiger partial charge >= 0.3 is 0 Å². The number of halogens is 1. The van der Waals surface area contributed by atoms with Crippen LogP contribution in [-0.2, 0) is 14.6 Å². The van der Waals surface area contributed by atoms with Crippen molar-refractivity contribution in [1.82, 2.24) is 5.16 Å². The van der Waals surface area contributed by atoms with Crippen LogP contribution in [0.4, 0.5) is 10.2 Å². The lowest BCUT2D eigenvalue weighted by atomic mass is 10.2. The van der Waals surface area contributed by atoms with Crippen molar-refractivity contribution in [2.75, 3.05) is 11.1 Å². The highest BCUT2D eigenvalue weighted by Gasteiger charge is 2.23. The summed E-state index contributed by atoms with van der Waals surface area (Å²) in [6, 6.07) is 5.92. The van der Waals surface area contributed by atoms with Gasteiger partial charge in [-0.1, -0.05) is 12.1 Å². The molecule has 6 nitrogen and oxygen atoms in total. The number of nitrogens with zero attached hydrogens (tertiary/aromatic N) is 1. The van der Waals surface area contributed by atoms with E-state index in [9.17, 15) is 17.6 Å². The maximum Gasteiger partial charge on any atom is 0.229 e. The number of hydrogen-bond acceptors (Lipinski definition) is 5. The predicted octanol–water partition coefficient (Wildman–Crippen LogP) is 1.86. The van der Waals surface area contributed by atoms with E-state index in [0.717, 1.165) is 12.1 Å². The molecular formula is C13H13FN2O4S. The summed E-state index contributed by atoms with van der Waals surface area (Å²) in [5.74, 6) is -1.98. The lowest BCUT2D eigenvalue weighted by molar-refractivity contribution is -0.118. The van der Waals surface area contributed by atoms with Crippen LogP contribution in [0.3, 0.4) is 0 Å². The highest BCUT2D eigenvalue weighted by molar-refractivity contribution is 7.91. The van der Waals surface area contributed by atoms with E-state index in [1.165, 1.54) is 31.4 Å². The summed E-state index contributed by atoms with van der Waals surface area (Å²) in [5, 5.41) is 5.94. The Morgan fingerprint density at radius 1 is 1.33 bits per heavy atom. The average Bonchev–Trinajstić information content (AvgIpc) is 2.91. The van der Waals surface area contributed by atoms with Crippen molar-refractivity contribution < 1.29 is 22.1 Å². The Morgan fingerprint density at radius 2 is 2.00 bits per heavy atom. The molecule has 21 heavy (non-hydrogen) atoms. The number of anilines is 1. The van der Waals surface area contributed by atoms with E-state index >= 15 is 0 Å². The lowest BCUT2D eigenvalue weighted by Crippen LogP contribution is -2.27. The van der Waals surface area contributed by atoms with E-state index in [4.69, 9.17) is 0 Å². The number of carbonyl (C=O) groups is 1. The van der Waals surface area contributed by atoms with E-state index in [-0.39, 0.29) is 16.5 Å². The molecular weight excluding hydrogens is 299 g/mol. The summed E-state index contributed by atoms with van der Waals surface area (Å²) in [4.78, 5) is 11.8. The standard InChI is InChI=1S/C13H13FN2O4S/c1-9(13(17)15-12-6-7-20-16-12)8-21(18,19)11-4-2-10(14)3-5-11/h2-7,9H,8H2,1H3,(H,15,16,17)/t9-/m1/s1. The van der Waals surface area contributed by atoms with E-state index in [2.05, 4.69) is 15.0 Å². The van der Waals surface area contributed by atoms with Gasteiger partial charge in [-0.15, -0.1) is 0 Å². The van der Waals surface area contributed by atoms with Crippen LogP contribution in [0.5, 0.6) is 0 Å². The normalized spacial score (nSPS) is 12.9. The number of carbonyl (C=O) groups excluding carboxylic acids is 1. The van der Waals surface area contributed by atoms with Gasteiger partial charge in [0.1, 0.15) is 12.1 Å². The minimum absolute atomic E-state index is 0.0232. The number of aromatic nitrogens is 1. The maximum atomic E-state index is 12.8. The minimum atomic E-state index is -3.67. The van der Waals surface area contributed by atoms with E-state index in [0.29, 0.717) is 0 Å². The van der Waals surface area contributed by atoms with E-state index in [1.54, 1.807) is 0 Å². The molecule has 0 saturated carbocycles. The molecule has 1 atom stereocenters. The van der Waals surface area contributed by atoms with Gasteiger partial charge in [0, 0.05) is 12.0 Å². The third-order valence-electron chi connectivity index (χ3n) is 2.78. The van der Waals surface area contributed by atoms with Gasteiger partial charge in [-0.25, -0.2) is 12.8 Å². The highest BCUT2D eigenvalue weighted by atomic mass is 32.2. The molecule has 2 rings (SSSR count). The first-order valence-electron chi connectivity index (χ1n) is 6.08. The van der Waals surface area contributed by atoms with Crippen LogP contribution < -0.4 is 5.32 Å². The monoisotopic (exact) mass is 312 g/mol. The van der Waals surface area contributed by atoms with Gasteiger partial charge in [0.2, 0.25) is 5.91 Å². The molecule has 0 unspecified atom stereocenters. The van der Waals surface area contributed by atoms with Crippen LogP contribution in [0.2, 0.25) is 0 Å². The first-order valence-corrected chi connectivity index (χ1v) is 7.73. The molecule has 0 aliphatic rings. The number of sulfone groups is 1. The Kier molecular flexibility index (Phi) is 4.37. The number of hydrogen-bond donors (Lipinski definition) is 1. The molecule has 1 amide bonds. The summed E-state index contributed by atoms with van der Waals surface area (Å²) in [6.45, 7) is 1.48. The molecule has 0 aliphatic carbocycles. The second-order valence-corrected chi connectivity index (χ2v) is 6.54. The van der Waals surface area contributed by atoms with Crippen LogP contribution in [0.25, 0.3) is 0 Å². The van der Waals surface area contributed by atoms with E-state index < -0.39 is 27.5 Å². The summed E-state index contributed by atoms with van der Waals surface area (Å²) >= 11 is 0. The van der Waals surface area contributed by atoms with E-state index in [1.807, 2.05) is 0 Å². The topological polar surface area (TPSA) is 89.3 Å². The molecule has 2 aromatic rings. The van der Waals surface area contributed by atoms with Crippen LogP contribution in [-0.4, -0.2) is 25.2 Å². The highest BCUT2D eigenvalue weighted by Crippen LogP contribution is 2.16. The second-order valence-electron chi connectivity index (χ2n) is 4.51. The first-order chi connectivity index (χ1) is 9.88. The largest absolute Gasteiger partial charge is 0.363 e. The van der Waals surface area contributed by atoms with Crippen molar-refractivity contribution >= 4 is 21.6 Å².